The molecule has 0 aliphatic heterocycles. The van der Waals surface area contributed by atoms with Crippen molar-refractivity contribution in [3.8, 4) is 0 Å². The summed E-state index contributed by atoms with van der Waals surface area (Å²) in [4.78, 5) is 24.4. The van der Waals surface area contributed by atoms with Crippen molar-refractivity contribution in [1.82, 2.24) is 9.78 Å². The lowest BCUT2D eigenvalue weighted by Crippen LogP contribution is -2.27. The van der Waals surface area contributed by atoms with E-state index in [0.29, 0.717) is 12.2 Å². The number of benzene rings is 2. The summed E-state index contributed by atoms with van der Waals surface area (Å²) in [5.41, 5.74) is 4.79. The van der Waals surface area contributed by atoms with Crippen LogP contribution in [0.3, 0.4) is 0 Å². The van der Waals surface area contributed by atoms with E-state index in [4.69, 9.17) is 4.74 Å². The minimum absolute atomic E-state index is 0.110. The van der Waals surface area contributed by atoms with E-state index in [1.807, 2.05) is 81.8 Å². The van der Waals surface area contributed by atoms with Gasteiger partial charge >= 0.3 is 6.09 Å². The van der Waals surface area contributed by atoms with Crippen LogP contribution in [0.5, 0.6) is 0 Å². The number of aromatic nitrogens is 2. The fourth-order valence-electron chi connectivity index (χ4n) is 3.27. The Morgan fingerprint density at radius 1 is 0.938 bits per heavy atom. The van der Waals surface area contributed by atoms with Crippen molar-refractivity contribution in [2.45, 2.75) is 53.2 Å². The van der Waals surface area contributed by atoms with Gasteiger partial charge in [0.05, 0.1) is 18.7 Å². The molecule has 32 heavy (non-hydrogen) atoms. The maximum Gasteiger partial charge on any atom is 0.412 e. The summed E-state index contributed by atoms with van der Waals surface area (Å²) in [6.07, 6.45) is -0.280. The van der Waals surface area contributed by atoms with E-state index in [2.05, 4.69) is 15.7 Å². The lowest BCUT2D eigenvalue weighted by molar-refractivity contribution is -0.115. The van der Waals surface area contributed by atoms with E-state index < -0.39 is 11.7 Å². The first-order valence-corrected chi connectivity index (χ1v) is 10.6. The number of hydrogen-bond acceptors (Lipinski definition) is 4. The number of nitrogens with zero attached hydrogens (tertiary/aromatic N) is 2. The van der Waals surface area contributed by atoms with Gasteiger partial charge in [0.25, 0.3) is 0 Å². The van der Waals surface area contributed by atoms with Crippen molar-refractivity contribution in [3.05, 3.63) is 77.1 Å². The molecular weight excluding hydrogens is 404 g/mol. The van der Waals surface area contributed by atoms with Crippen molar-refractivity contribution in [2.75, 3.05) is 10.6 Å². The van der Waals surface area contributed by atoms with Crippen LogP contribution in [-0.4, -0.2) is 27.4 Å². The van der Waals surface area contributed by atoms with Crippen molar-refractivity contribution in [1.29, 1.82) is 0 Å². The van der Waals surface area contributed by atoms with Crippen LogP contribution in [0, 0.1) is 13.8 Å². The molecule has 0 aliphatic rings. The monoisotopic (exact) mass is 434 g/mol. The average molecular weight is 435 g/mol. The fourth-order valence-corrected chi connectivity index (χ4v) is 3.27. The highest BCUT2D eigenvalue weighted by molar-refractivity contribution is 5.92. The highest BCUT2D eigenvalue weighted by Gasteiger charge is 2.16. The first-order valence-electron chi connectivity index (χ1n) is 10.6. The second-order valence-corrected chi connectivity index (χ2v) is 8.83. The summed E-state index contributed by atoms with van der Waals surface area (Å²) in [7, 11) is 0. The van der Waals surface area contributed by atoms with Gasteiger partial charge in [0.1, 0.15) is 5.60 Å². The van der Waals surface area contributed by atoms with E-state index in [-0.39, 0.29) is 12.3 Å². The van der Waals surface area contributed by atoms with Crippen LogP contribution in [0.4, 0.5) is 16.2 Å². The average Bonchev–Trinajstić information content (AvgIpc) is 2.99. The molecular formula is C25H30N4O3. The molecule has 0 spiro atoms. The second-order valence-electron chi connectivity index (χ2n) is 8.83. The molecule has 2 N–H and O–H groups in total. The fraction of sp³-hybridized carbons (Fsp3) is 0.320. The molecule has 0 atom stereocenters. The molecule has 0 aliphatic carbocycles. The number of aryl methyl sites for hydroxylation is 2. The van der Waals surface area contributed by atoms with E-state index in [0.717, 1.165) is 28.2 Å². The Hall–Kier alpha value is -3.61. The van der Waals surface area contributed by atoms with Crippen LogP contribution in [0.2, 0.25) is 0 Å². The third-order valence-corrected chi connectivity index (χ3v) is 4.61. The van der Waals surface area contributed by atoms with Crippen molar-refractivity contribution in [2.24, 2.45) is 0 Å². The molecule has 3 aromatic rings. The molecule has 0 bridgehead atoms. The number of anilines is 2. The van der Waals surface area contributed by atoms with Crippen LogP contribution in [0.1, 0.15) is 43.3 Å². The normalized spacial score (nSPS) is 11.2. The molecule has 0 radical (unpaired) electrons. The topological polar surface area (TPSA) is 85.2 Å². The van der Waals surface area contributed by atoms with Gasteiger partial charge < -0.3 is 10.1 Å². The summed E-state index contributed by atoms with van der Waals surface area (Å²) in [5, 5.41) is 10.1. The van der Waals surface area contributed by atoms with Gasteiger partial charge in [-0.1, -0.05) is 24.3 Å². The first kappa shape index (κ1) is 23.1. The molecule has 0 saturated heterocycles. The van der Waals surface area contributed by atoms with Gasteiger partial charge in [-0.15, -0.1) is 0 Å². The molecule has 0 unspecified atom stereocenters. The maximum absolute atomic E-state index is 12.5. The molecule has 7 heteroatoms. The van der Waals surface area contributed by atoms with Gasteiger partial charge in [-0.25, -0.2) is 4.79 Å². The standard InChI is InChI=1S/C25H30N4O3/c1-17-13-18(2)29(28-17)16-20-7-6-8-22(14-20)26-23(30)15-19-9-11-21(12-10-19)27-24(31)32-25(3,4)5/h6-14H,15-16H2,1-5H3,(H,26,30)(H,27,31). The minimum atomic E-state index is -0.560. The summed E-state index contributed by atoms with van der Waals surface area (Å²) in [5.74, 6) is -0.110. The Bertz CT molecular complexity index is 1100. The van der Waals surface area contributed by atoms with Crippen LogP contribution >= 0.6 is 0 Å². The molecule has 168 valence electrons. The van der Waals surface area contributed by atoms with E-state index >= 15 is 0 Å². The van der Waals surface area contributed by atoms with Gasteiger partial charge in [0.2, 0.25) is 5.91 Å². The predicted molar refractivity (Wildman–Crippen MR) is 126 cm³/mol. The van der Waals surface area contributed by atoms with Gasteiger partial charge in [0.15, 0.2) is 0 Å². The zero-order valence-electron chi connectivity index (χ0n) is 19.2. The highest BCUT2D eigenvalue weighted by Crippen LogP contribution is 2.16. The predicted octanol–water partition coefficient (Wildman–Crippen LogP) is 5.08. The van der Waals surface area contributed by atoms with Crippen LogP contribution in [0.15, 0.2) is 54.6 Å². The highest BCUT2D eigenvalue weighted by atomic mass is 16.6. The van der Waals surface area contributed by atoms with Crippen molar-refractivity contribution in [3.63, 3.8) is 0 Å². The molecule has 0 fully saturated rings. The number of carbonyl (C=O) groups excluding carboxylic acids is 2. The number of carbonyl (C=O) groups is 2. The van der Waals surface area contributed by atoms with Crippen LogP contribution in [0.25, 0.3) is 0 Å². The summed E-state index contributed by atoms with van der Waals surface area (Å²) < 4.78 is 7.19. The Balaban J connectivity index is 1.55. The van der Waals surface area contributed by atoms with E-state index in [1.165, 1.54) is 0 Å². The maximum atomic E-state index is 12.5. The smallest absolute Gasteiger partial charge is 0.412 e. The van der Waals surface area contributed by atoms with E-state index in [1.54, 1.807) is 12.1 Å². The Labute approximate surface area is 188 Å². The second kappa shape index (κ2) is 9.68. The molecule has 1 aromatic heterocycles. The molecule has 2 amide bonds. The lowest BCUT2D eigenvalue weighted by Gasteiger charge is -2.19. The number of ether oxygens (including phenoxy) is 1. The molecule has 0 saturated carbocycles. The van der Waals surface area contributed by atoms with Crippen molar-refractivity contribution >= 4 is 23.4 Å². The van der Waals surface area contributed by atoms with Crippen LogP contribution in [-0.2, 0) is 22.5 Å². The Kier molecular flexibility index (Phi) is 6.98. The van der Waals surface area contributed by atoms with Crippen LogP contribution < -0.4 is 10.6 Å². The third kappa shape index (κ3) is 6.97. The van der Waals surface area contributed by atoms with Crippen molar-refractivity contribution < 1.29 is 14.3 Å². The number of hydrogen-bond donors (Lipinski definition) is 2. The SMILES string of the molecule is Cc1cc(C)n(Cc2cccc(NC(=O)Cc3ccc(NC(=O)OC(C)(C)C)cc3)c2)n1. The first-order chi connectivity index (χ1) is 15.1. The summed E-state index contributed by atoms with van der Waals surface area (Å²) in [6.45, 7) is 10.1. The minimum Gasteiger partial charge on any atom is -0.444 e. The van der Waals surface area contributed by atoms with Gasteiger partial charge in [-0.3, -0.25) is 14.8 Å². The van der Waals surface area contributed by atoms with Gasteiger partial charge in [0, 0.05) is 17.1 Å². The summed E-state index contributed by atoms with van der Waals surface area (Å²) >= 11 is 0. The summed E-state index contributed by atoms with van der Waals surface area (Å²) in [6, 6.07) is 16.9. The Morgan fingerprint density at radius 3 is 2.28 bits per heavy atom. The Morgan fingerprint density at radius 2 is 1.66 bits per heavy atom. The van der Waals surface area contributed by atoms with Gasteiger partial charge in [-0.05, 0) is 76.1 Å². The molecule has 2 aromatic carbocycles. The molecule has 1 heterocycles. The number of rotatable bonds is 6. The molecule has 3 rings (SSSR count). The lowest BCUT2D eigenvalue weighted by atomic mass is 10.1. The zero-order chi connectivity index (χ0) is 23.3. The largest absolute Gasteiger partial charge is 0.444 e. The molecule has 7 nitrogen and oxygen atoms in total. The number of nitrogens with one attached hydrogen (secondary N) is 2. The van der Waals surface area contributed by atoms with E-state index in [9.17, 15) is 9.59 Å². The van der Waals surface area contributed by atoms with Gasteiger partial charge in [-0.2, -0.15) is 5.10 Å². The zero-order valence-corrected chi connectivity index (χ0v) is 19.2. The number of amides is 2. The third-order valence-electron chi connectivity index (χ3n) is 4.61. The quantitative estimate of drug-likeness (QED) is 0.567.